The van der Waals surface area contributed by atoms with Gasteiger partial charge < -0.3 is 15.5 Å². The average molecular weight is 442 g/mol. The SMILES string of the molecule is O=C(CN1C(=O)c2ccccc2C1=O)Nc1ccc(Nc2cc(N3CCCC3)cnn2)cc1. The largest absolute Gasteiger partial charge is 0.370 e. The summed E-state index contributed by atoms with van der Waals surface area (Å²) in [5, 5.41) is 14.2. The van der Waals surface area contributed by atoms with E-state index in [1.807, 2.05) is 18.2 Å². The number of carbonyl (C=O) groups excluding carboxylic acids is 3. The third-order valence-electron chi connectivity index (χ3n) is 5.73. The van der Waals surface area contributed by atoms with E-state index in [9.17, 15) is 14.4 Å². The van der Waals surface area contributed by atoms with Crippen LogP contribution in [0.25, 0.3) is 0 Å². The lowest BCUT2D eigenvalue weighted by molar-refractivity contribution is -0.116. The summed E-state index contributed by atoms with van der Waals surface area (Å²) >= 11 is 0. The Balaban J connectivity index is 1.19. The fourth-order valence-electron chi connectivity index (χ4n) is 4.08. The van der Waals surface area contributed by atoms with Gasteiger partial charge in [-0.1, -0.05) is 12.1 Å². The van der Waals surface area contributed by atoms with Gasteiger partial charge in [-0.3, -0.25) is 19.3 Å². The van der Waals surface area contributed by atoms with E-state index in [0.717, 1.165) is 29.4 Å². The molecule has 0 radical (unpaired) electrons. The minimum atomic E-state index is -0.456. The molecule has 0 aliphatic carbocycles. The molecular formula is C24H22N6O3. The first-order valence-electron chi connectivity index (χ1n) is 10.8. The van der Waals surface area contributed by atoms with Crippen LogP contribution in [-0.4, -0.2) is 52.5 Å². The molecule has 3 amide bonds. The van der Waals surface area contributed by atoms with E-state index in [2.05, 4.69) is 25.7 Å². The zero-order valence-corrected chi connectivity index (χ0v) is 17.8. The van der Waals surface area contributed by atoms with Gasteiger partial charge in [0, 0.05) is 30.5 Å². The van der Waals surface area contributed by atoms with Crippen molar-refractivity contribution in [2.24, 2.45) is 0 Å². The second-order valence-electron chi connectivity index (χ2n) is 7.99. The molecule has 2 aromatic carbocycles. The van der Waals surface area contributed by atoms with E-state index < -0.39 is 17.7 Å². The third-order valence-corrected chi connectivity index (χ3v) is 5.73. The molecule has 2 aliphatic rings. The second-order valence-corrected chi connectivity index (χ2v) is 7.99. The van der Waals surface area contributed by atoms with Gasteiger partial charge in [-0.05, 0) is 49.2 Å². The molecule has 0 atom stereocenters. The van der Waals surface area contributed by atoms with Crippen LogP contribution in [0.2, 0.25) is 0 Å². The maximum atomic E-state index is 12.5. The summed E-state index contributed by atoms with van der Waals surface area (Å²) in [4.78, 5) is 40.5. The van der Waals surface area contributed by atoms with Crippen LogP contribution in [0.4, 0.5) is 22.9 Å². The monoisotopic (exact) mass is 442 g/mol. The number of nitrogens with zero attached hydrogens (tertiary/aromatic N) is 4. The molecule has 1 fully saturated rings. The van der Waals surface area contributed by atoms with Crippen LogP contribution in [0.15, 0.2) is 60.8 Å². The molecule has 0 bridgehead atoms. The third kappa shape index (κ3) is 4.25. The Labute approximate surface area is 190 Å². The van der Waals surface area contributed by atoms with Crippen molar-refractivity contribution < 1.29 is 14.4 Å². The number of fused-ring (bicyclic) bond motifs is 1. The number of rotatable bonds is 6. The molecule has 2 N–H and O–H groups in total. The summed E-state index contributed by atoms with van der Waals surface area (Å²) in [7, 11) is 0. The molecule has 0 spiro atoms. The van der Waals surface area contributed by atoms with E-state index in [0.29, 0.717) is 22.6 Å². The van der Waals surface area contributed by atoms with Crippen LogP contribution >= 0.6 is 0 Å². The Hall–Kier alpha value is -4.27. The van der Waals surface area contributed by atoms with Gasteiger partial charge >= 0.3 is 0 Å². The van der Waals surface area contributed by atoms with Gasteiger partial charge in [0.15, 0.2) is 5.82 Å². The summed E-state index contributed by atoms with van der Waals surface area (Å²) < 4.78 is 0. The Morgan fingerprint density at radius 2 is 1.55 bits per heavy atom. The summed E-state index contributed by atoms with van der Waals surface area (Å²) in [5.41, 5.74) is 3.03. The lowest BCUT2D eigenvalue weighted by Gasteiger charge is -2.17. The van der Waals surface area contributed by atoms with Crippen molar-refractivity contribution in [1.82, 2.24) is 15.1 Å². The van der Waals surface area contributed by atoms with Crippen molar-refractivity contribution in [1.29, 1.82) is 0 Å². The van der Waals surface area contributed by atoms with E-state index in [1.54, 1.807) is 42.6 Å². The summed E-state index contributed by atoms with van der Waals surface area (Å²) in [6.07, 6.45) is 4.14. The molecule has 166 valence electrons. The number of hydrogen-bond acceptors (Lipinski definition) is 7. The molecular weight excluding hydrogens is 420 g/mol. The molecule has 0 unspecified atom stereocenters. The Bertz CT molecular complexity index is 1190. The van der Waals surface area contributed by atoms with E-state index in [4.69, 9.17) is 0 Å². The molecule has 1 aromatic heterocycles. The van der Waals surface area contributed by atoms with Crippen LogP contribution in [0, 0.1) is 0 Å². The van der Waals surface area contributed by atoms with Crippen molar-refractivity contribution in [2.45, 2.75) is 12.8 Å². The van der Waals surface area contributed by atoms with E-state index >= 15 is 0 Å². The van der Waals surface area contributed by atoms with Gasteiger partial charge in [0.25, 0.3) is 11.8 Å². The number of aromatic nitrogens is 2. The predicted molar refractivity (Wildman–Crippen MR) is 124 cm³/mol. The summed E-state index contributed by atoms with van der Waals surface area (Å²) in [5.74, 6) is -0.721. The number of anilines is 4. The number of amides is 3. The Kier molecular flexibility index (Phi) is 5.43. The lowest BCUT2D eigenvalue weighted by Crippen LogP contribution is -2.37. The van der Waals surface area contributed by atoms with Gasteiger partial charge in [0.2, 0.25) is 5.91 Å². The van der Waals surface area contributed by atoms with Crippen molar-refractivity contribution in [3.63, 3.8) is 0 Å². The van der Waals surface area contributed by atoms with Gasteiger partial charge in [-0.25, -0.2) is 0 Å². The van der Waals surface area contributed by atoms with E-state index in [-0.39, 0.29) is 6.54 Å². The minimum absolute atomic E-state index is 0.322. The molecule has 9 heteroatoms. The van der Waals surface area contributed by atoms with Crippen molar-refractivity contribution in [2.75, 3.05) is 35.2 Å². The predicted octanol–water partition coefficient (Wildman–Crippen LogP) is 3.06. The van der Waals surface area contributed by atoms with Gasteiger partial charge in [-0.2, -0.15) is 5.10 Å². The van der Waals surface area contributed by atoms with Crippen molar-refractivity contribution in [3.05, 3.63) is 71.9 Å². The fourth-order valence-corrected chi connectivity index (χ4v) is 4.08. The van der Waals surface area contributed by atoms with Gasteiger partial charge in [0.1, 0.15) is 6.54 Å². The van der Waals surface area contributed by atoms with Crippen LogP contribution in [0.1, 0.15) is 33.6 Å². The first kappa shape index (κ1) is 20.6. The first-order chi connectivity index (χ1) is 16.1. The number of imide groups is 1. The van der Waals surface area contributed by atoms with E-state index in [1.165, 1.54) is 12.8 Å². The molecule has 2 aliphatic heterocycles. The lowest BCUT2D eigenvalue weighted by atomic mass is 10.1. The highest BCUT2D eigenvalue weighted by Crippen LogP contribution is 2.24. The minimum Gasteiger partial charge on any atom is -0.370 e. The van der Waals surface area contributed by atoms with Crippen molar-refractivity contribution in [3.8, 4) is 0 Å². The maximum Gasteiger partial charge on any atom is 0.262 e. The number of nitrogens with one attached hydrogen (secondary N) is 2. The smallest absolute Gasteiger partial charge is 0.262 e. The molecule has 3 heterocycles. The quantitative estimate of drug-likeness (QED) is 0.565. The van der Waals surface area contributed by atoms with Crippen LogP contribution in [0.5, 0.6) is 0 Å². The van der Waals surface area contributed by atoms with Gasteiger partial charge in [-0.15, -0.1) is 5.10 Å². The zero-order valence-electron chi connectivity index (χ0n) is 17.8. The van der Waals surface area contributed by atoms with Crippen molar-refractivity contribution >= 4 is 40.6 Å². The Morgan fingerprint density at radius 1 is 0.909 bits per heavy atom. The number of benzene rings is 2. The highest BCUT2D eigenvalue weighted by atomic mass is 16.2. The standard InChI is InChI=1S/C24H22N6O3/c31-22(15-30-23(32)19-5-1-2-6-20(19)24(30)33)27-17-9-7-16(8-10-17)26-21-13-18(14-25-28-21)29-11-3-4-12-29/h1-2,5-10,13-14H,3-4,11-12,15H2,(H,26,28)(H,27,31). The second kappa shape index (κ2) is 8.70. The number of carbonyl (C=O) groups is 3. The van der Waals surface area contributed by atoms with Crippen LogP contribution in [0.3, 0.4) is 0 Å². The molecule has 3 aromatic rings. The normalized spacial score (nSPS) is 15.0. The molecule has 33 heavy (non-hydrogen) atoms. The van der Waals surface area contributed by atoms with Crippen LogP contribution in [-0.2, 0) is 4.79 Å². The van der Waals surface area contributed by atoms with Crippen LogP contribution < -0.4 is 15.5 Å². The maximum absolute atomic E-state index is 12.5. The highest BCUT2D eigenvalue weighted by molar-refractivity contribution is 6.22. The summed E-state index contributed by atoms with van der Waals surface area (Å²) in [6, 6.07) is 15.6. The molecule has 9 nitrogen and oxygen atoms in total. The topological polar surface area (TPSA) is 108 Å². The number of hydrogen-bond donors (Lipinski definition) is 2. The summed E-state index contributed by atoms with van der Waals surface area (Å²) in [6.45, 7) is 1.71. The molecule has 0 saturated carbocycles. The highest BCUT2D eigenvalue weighted by Gasteiger charge is 2.36. The molecule has 1 saturated heterocycles. The Morgan fingerprint density at radius 3 is 2.21 bits per heavy atom. The fraction of sp³-hybridized carbons (Fsp3) is 0.208. The zero-order chi connectivity index (χ0) is 22.8. The van der Waals surface area contributed by atoms with Gasteiger partial charge in [0.05, 0.1) is 23.0 Å². The average Bonchev–Trinajstić information content (AvgIpc) is 3.45. The first-order valence-corrected chi connectivity index (χ1v) is 10.8. The molecule has 5 rings (SSSR count).